The molecule has 8 nitrogen and oxygen atoms in total. The number of nitrogens with zero attached hydrogens (tertiary/aromatic N) is 4. The lowest BCUT2D eigenvalue weighted by molar-refractivity contribution is -0.384. The van der Waals surface area contributed by atoms with Crippen molar-refractivity contribution in [3.05, 3.63) is 80.6 Å². The van der Waals surface area contributed by atoms with Crippen LogP contribution >= 0.6 is 0 Å². The van der Waals surface area contributed by atoms with E-state index in [0.717, 1.165) is 4.57 Å². The zero-order valence-corrected chi connectivity index (χ0v) is 15.0. The van der Waals surface area contributed by atoms with Crippen molar-refractivity contribution < 1.29 is 14.1 Å². The minimum atomic E-state index is -0.568. The molecule has 9 heteroatoms. The first kappa shape index (κ1) is 19.2. The van der Waals surface area contributed by atoms with Crippen LogP contribution in [0, 0.1) is 15.9 Å². The number of nitro benzene ring substituents is 1. The van der Waals surface area contributed by atoms with Gasteiger partial charge in [-0.1, -0.05) is 12.1 Å². The first-order chi connectivity index (χ1) is 13.4. The van der Waals surface area contributed by atoms with Gasteiger partial charge in [0.05, 0.1) is 22.2 Å². The summed E-state index contributed by atoms with van der Waals surface area (Å²) in [6.07, 6.45) is 1.20. The van der Waals surface area contributed by atoms with Crippen LogP contribution in [-0.2, 0) is 17.9 Å². The molecule has 0 aliphatic carbocycles. The van der Waals surface area contributed by atoms with E-state index in [1.165, 1.54) is 41.6 Å². The summed E-state index contributed by atoms with van der Waals surface area (Å²) in [6, 6.07) is 9.73. The Morgan fingerprint density at radius 1 is 1.29 bits per heavy atom. The maximum absolute atomic E-state index is 13.3. The van der Waals surface area contributed by atoms with Gasteiger partial charge in [0.15, 0.2) is 0 Å². The lowest BCUT2D eigenvalue weighted by Gasteiger charge is -2.21. The highest BCUT2D eigenvalue weighted by atomic mass is 19.1. The second-order valence-electron chi connectivity index (χ2n) is 6.17. The minimum absolute atomic E-state index is 0.166. The van der Waals surface area contributed by atoms with Gasteiger partial charge < -0.3 is 4.90 Å². The van der Waals surface area contributed by atoms with Gasteiger partial charge in [0.25, 0.3) is 11.2 Å². The molecule has 28 heavy (non-hydrogen) atoms. The summed E-state index contributed by atoms with van der Waals surface area (Å²) in [5, 5.41) is 11.0. The number of non-ortho nitro benzene ring substituents is 1. The Labute approximate surface area is 159 Å². The van der Waals surface area contributed by atoms with Crippen molar-refractivity contribution in [2.75, 3.05) is 6.54 Å². The number of aromatic nitrogens is 2. The molecule has 0 radical (unpaired) electrons. The van der Waals surface area contributed by atoms with E-state index in [0.29, 0.717) is 12.1 Å². The summed E-state index contributed by atoms with van der Waals surface area (Å²) >= 11 is 0. The Kier molecular flexibility index (Phi) is 5.44. The molecule has 3 rings (SSSR count). The molecule has 0 saturated heterocycles. The van der Waals surface area contributed by atoms with Crippen molar-refractivity contribution >= 4 is 22.5 Å². The van der Waals surface area contributed by atoms with Crippen LogP contribution in [0.2, 0.25) is 0 Å². The fourth-order valence-corrected chi connectivity index (χ4v) is 2.85. The second-order valence-corrected chi connectivity index (χ2v) is 6.17. The van der Waals surface area contributed by atoms with E-state index < -0.39 is 10.5 Å². The summed E-state index contributed by atoms with van der Waals surface area (Å²) < 4.78 is 14.5. The average molecular weight is 384 g/mol. The first-order valence-corrected chi connectivity index (χ1v) is 8.55. The fraction of sp³-hybridized carbons (Fsp3) is 0.211. The highest BCUT2D eigenvalue weighted by molar-refractivity contribution is 5.80. The van der Waals surface area contributed by atoms with E-state index in [9.17, 15) is 24.1 Å². The molecule has 1 heterocycles. The zero-order valence-electron chi connectivity index (χ0n) is 15.0. The quantitative estimate of drug-likeness (QED) is 0.480. The van der Waals surface area contributed by atoms with Gasteiger partial charge in [0, 0.05) is 25.2 Å². The van der Waals surface area contributed by atoms with Crippen molar-refractivity contribution in [2.45, 2.75) is 20.0 Å². The number of hydrogen-bond donors (Lipinski definition) is 0. The molecule has 0 fully saturated rings. The van der Waals surface area contributed by atoms with E-state index in [2.05, 4.69) is 4.98 Å². The number of carbonyl (C=O) groups excluding carboxylic acids is 1. The van der Waals surface area contributed by atoms with Gasteiger partial charge in [-0.3, -0.25) is 24.3 Å². The van der Waals surface area contributed by atoms with Gasteiger partial charge in [-0.2, -0.15) is 0 Å². The van der Waals surface area contributed by atoms with Crippen molar-refractivity contribution in [3.63, 3.8) is 0 Å². The van der Waals surface area contributed by atoms with Gasteiger partial charge in [0.1, 0.15) is 12.4 Å². The van der Waals surface area contributed by atoms with Gasteiger partial charge in [-0.15, -0.1) is 0 Å². The molecule has 0 unspecified atom stereocenters. The van der Waals surface area contributed by atoms with Crippen LogP contribution in [0.4, 0.5) is 10.1 Å². The maximum atomic E-state index is 13.3. The number of benzene rings is 2. The van der Waals surface area contributed by atoms with Gasteiger partial charge in [0.2, 0.25) is 5.91 Å². The van der Waals surface area contributed by atoms with Crippen molar-refractivity contribution in [1.82, 2.24) is 14.5 Å². The SMILES string of the molecule is CCN(Cc1cccc(F)c1)C(=O)Cn1cnc2cc([N+](=O)[O-])ccc2c1=O. The summed E-state index contributed by atoms with van der Waals surface area (Å²) in [4.78, 5) is 41.0. The van der Waals surface area contributed by atoms with Gasteiger partial charge in [-0.25, -0.2) is 9.37 Å². The summed E-state index contributed by atoms with van der Waals surface area (Å²) in [6.45, 7) is 2.16. The third-order valence-corrected chi connectivity index (χ3v) is 4.32. The topological polar surface area (TPSA) is 98.3 Å². The number of hydrogen-bond acceptors (Lipinski definition) is 5. The Bertz CT molecular complexity index is 1110. The predicted octanol–water partition coefficient (Wildman–Crippen LogP) is 2.49. The smallest absolute Gasteiger partial charge is 0.271 e. The number of carbonyl (C=O) groups is 1. The van der Waals surface area contributed by atoms with Crippen molar-refractivity contribution in [1.29, 1.82) is 0 Å². The van der Waals surface area contributed by atoms with E-state index in [1.807, 2.05) is 0 Å². The van der Waals surface area contributed by atoms with E-state index in [-0.39, 0.29) is 41.4 Å². The number of rotatable bonds is 6. The van der Waals surface area contributed by atoms with Crippen LogP contribution in [0.15, 0.2) is 53.6 Å². The third kappa shape index (κ3) is 4.03. The lowest BCUT2D eigenvalue weighted by atomic mass is 10.2. The molecular formula is C19H17FN4O4. The molecule has 0 N–H and O–H groups in total. The maximum Gasteiger partial charge on any atom is 0.271 e. The Balaban J connectivity index is 1.83. The zero-order chi connectivity index (χ0) is 20.3. The highest BCUT2D eigenvalue weighted by Crippen LogP contribution is 2.16. The molecule has 1 aromatic heterocycles. The third-order valence-electron chi connectivity index (χ3n) is 4.32. The molecule has 0 saturated carbocycles. The molecule has 0 aliphatic rings. The largest absolute Gasteiger partial charge is 0.337 e. The molecule has 144 valence electrons. The lowest BCUT2D eigenvalue weighted by Crippen LogP contribution is -2.36. The predicted molar refractivity (Wildman–Crippen MR) is 100 cm³/mol. The molecule has 0 aliphatic heterocycles. The van der Waals surface area contributed by atoms with Gasteiger partial charge in [-0.05, 0) is 30.7 Å². The minimum Gasteiger partial charge on any atom is -0.337 e. The monoisotopic (exact) mass is 384 g/mol. The average Bonchev–Trinajstić information content (AvgIpc) is 2.68. The Morgan fingerprint density at radius 3 is 2.75 bits per heavy atom. The number of nitro groups is 1. The Hall–Kier alpha value is -3.62. The molecule has 0 bridgehead atoms. The molecule has 2 aromatic carbocycles. The second kappa shape index (κ2) is 7.95. The van der Waals surface area contributed by atoms with Crippen LogP contribution in [0.1, 0.15) is 12.5 Å². The number of halogens is 1. The first-order valence-electron chi connectivity index (χ1n) is 8.55. The van der Waals surface area contributed by atoms with E-state index in [1.54, 1.807) is 19.1 Å². The summed E-state index contributed by atoms with van der Waals surface area (Å²) in [5.41, 5.74) is 0.206. The van der Waals surface area contributed by atoms with Gasteiger partial charge >= 0.3 is 0 Å². The molecule has 0 atom stereocenters. The van der Waals surface area contributed by atoms with Crippen LogP contribution in [0.3, 0.4) is 0 Å². The van der Waals surface area contributed by atoms with E-state index in [4.69, 9.17) is 0 Å². The molecule has 0 spiro atoms. The fourth-order valence-electron chi connectivity index (χ4n) is 2.85. The Morgan fingerprint density at radius 2 is 2.07 bits per heavy atom. The normalized spacial score (nSPS) is 10.8. The molecular weight excluding hydrogens is 367 g/mol. The van der Waals surface area contributed by atoms with Crippen LogP contribution in [0.5, 0.6) is 0 Å². The molecule has 3 aromatic rings. The standard InChI is InChI=1S/C19H17FN4O4/c1-2-22(10-13-4-3-5-14(20)8-13)18(25)11-23-12-21-17-9-15(24(27)28)6-7-16(17)19(23)26/h3-9,12H,2,10-11H2,1H3. The van der Waals surface area contributed by atoms with E-state index >= 15 is 0 Å². The van der Waals surface area contributed by atoms with Crippen molar-refractivity contribution in [2.24, 2.45) is 0 Å². The van der Waals surface area contributed by atoms with Crippen LogP contribution in [-0.4, -0.2) is 31.8 Å². The van der Waals surface area contributed by atoms with Crippen molar-refractivity contribution in [3.8, 4) is 0 Å². The summed E-state index contributed by atoms with van der Waals surface area (Å²) in [5.74, 6) is -0.707. The highest BCUT2D eigenvalue weighted by Gasteiger charge is 2.16. The van der Waals surface area contributed by atoms with Crippen LogP contribution < -0.4 is 5.56 Å². The summed E-state index contributed by atoms with van der Waals surface area (Å²) in [7, 11) is 0. The number of amides is 1. The number of likely N-dealkylation sites (N-methyl/N-ethyl adjacent to an activating group) is 1. The van der Waals surface area contributed by atoms with Crippen LogP contribution in [0.25, 0.3) is 10.9 Å². The molecule has 1 amide bonds. The number of fused-ring (bicyclic) bond motifs is 1.